The van der Waals surface area contributed by atoms with Crippen molar-refractivity contribution in [3.63, 3.8) is 0 Å². The molecule has 0 aliphatic heterocycles. The Balaban J connectivity index is 2.05. The van der Waals surface area contributed by atoms with Crippen LogP contribution in [0.2, 0.25) is 0 Å². The second kappa shape index (κ2) is 6.07. The lowest BCUT2D eigenvalue weighted by molar-refractivity contribution is 0.102. The smallest absolute Gasteiger partial charge is 0.173 e. The normalized spacial score (nSPS) is 10.5. The Kier molecular flexibility index (Phi) is 4.43. The van der Waals surface area contributed by atoms with Gasteiger partial charge in [0.1, 0.15) is 0 Å². The third-order valence-corrected chi connectivity index (χ3v) is 4.10. The lowest BCUT2D eigenvalue weighted by Crippen LogP contribution is -2.05. The molecular formula is C17H18OS. The number of hydrogen-bond acceptors (Lipinski definition) is 2. The first kappa shape index (κ1) is 13.9. The van der Waals surface area contributed by atoms with Crippen molar-refractivity contribution in [3.05, 3.63) is 64.7 Å². The maximum atomic E-state index is 12.2. The van der Waals surface area contributed by atoms with Crippen molar-refractivity contribution in [2.75, 3.05) is 5.75 Å². The number of Topliss-reactive ketones (excluding diaryl/α,β-unsaturated/α-hetero) is 1. The summed E-state index contributed by atoms with van der Waals surface area (Å²) < 4.78 is 0. The molecule has 0 N–H and O–H groups in total. The largest absolute Gasteiger partial charge is 0.293 e. The fraction of sp³-hybridized carbons (Fsp3) is 0.235. The van der Waals surface area contributed by atoms with Crippen LogP contribution < -0.4 is 0 Å². The molecular weight excluding hydrogens is 252 g/mol. The topological polar surface area (TPSA) is 17.1 Å². The Morgan fingerprint density at radius 3 is 2.26 bits per heavy atom. The Hall–Kier alpha value is -1.54. The van der Waals surface area contributed by atoms with Crippen LogP contribution in [0.3, 0.4) is 0 Å². The molecule has 0 bridgehead atoms. The van der Waals surface area contributed by atoms with Gasteiger partial charge in [0.05, 0.1) is 5.75 Å². The van der Waals surface area contributed by atoms with Crippen LogP contribution in [0.15, 0.2) is 47.4 Å². The number of hydrogen-bond donors (Lipinski definition) is 0. The maximum Gasteiger partial charge on any atom is 0.173 e. The molecule has 1 nitrogen and oxygen atoms in total. The van der Waals surface area contributed by atoms with E-state index in [2.05, 4.69) is 31.2 Å². The van der Waals surface area contributed by atoms with Gasteiger partial charge >= 0.3 is 0 Å². The summed E-state index contributed by atoms with van der Waals surface area (Å²) in [5, 5.41) is 0. The molecule has 2 heteroatoms. The van der Waals surface area contributed by atoms with Crippen molar-refractivity contribution in [3.8, 4) is 0 Å². The van der Waals surface area contributed by atoms with E-state index in [1.165, 1.54) is 5.56 Å². The van der Waals surface area contributed by atoms with E-state index in [4.69, 9.17) is 0 Å². The van der Waals surface area contributed by atoms with Gasteiger partial charge in [-0.1, -0.05) is 35.4 Å². The van der Waals surface area contributed by atoms with Crippen LogP contribution in [0.4, 0.5) is 0 Å². The number of aryl methyl sites for hydroxylation is 3. The zero-order chi connectivity index (χ0) is 13.8. The van der Waals surface area contributed by atoms with Gasteiger partial charge in [-0.15, -0.1) is 11.8 Å². The van der Waals surface area contributed by atoms with Gasteiger partial charge < -0.3 is 0 Å². The molecule has 2 rings (SSSR count). The molecule has 19 heavy (non-hydrogen) atoms. The molecule has 0 aliphatic carbocycles. The van der Waals surface area contributed by atoms with E-state index in [0.717, 1.165) is 21.6 Å². The minimum Gasteiger partial charge on any atom is -0.293 e. The SMILES string of the molecule is Cc1ccc(SCC(=O)c2cc(C)ccc2C)cc1. The number of carbonyl (C=O) groups is 1. The fourth-order valence-electron chi connectivity index (χ4n) is 1.90. The summed E-state index contributed by atoms with van der Waals surface area (Å²) in [6.45, 7) is 6.07. The summed E-state index contributed by atoms with van der Waals surface area (Å²) in [6, 6.07) is 14.3. The summed E-state index contributed by atoms with van der Waals surface area (Å²) in [5.74, 6) is 0.694. The average molecular weight is 270 g/mol. The minimum absolute atomic E-state index is 0.201. The van der Waals surface area contributed by atoms with Crippen LogP contribution in [-0.4, -0.2) is 11.5 Å². The van der Waals surface area contributed by atoms with Crippen LogP contribution in [0.5, 0.6) is 0 Å². The van der Waals surface area contributed by atoms with E-state index in [0.29, 0.717) is 5.75 Å². The van der Waals surface area contributed by atoms with Gasteiger partial charge in [-0.05, 0) is 44.5 Å². The first-order valence-corrected chi connectivity index (χ1v) is 7.35. The number of ketones is 1. The molecule has 0 heterocycles. The molecule has 0 saturated heterocycles. The van der Waals surface area contributed by atoms with Gasteiger partial charge in [-0.3, -0.25) is 4.79 Å². The third-order valence-electron chi connectivity index (χ3n) is 3.08. The first-order valence-electron chi connectivity index (χ1n) is 6.36. The van der Waals surface area contributed by atoms with E-state index in [1.54, 1.807) is 11.8 Å². The van der Waals surface area contributed by atoms with Crippen LogP contribution in [0.25, 0.3) is 0 Å². The van der Waals surface area contributed by atoms with Gasteiger partial charge in [0.15, 0.2) is 5.78 Å². The third kappa shape index (κ3) is 3.71. The molecule has 0 spiro atoms. The second-order valence-corrected chi connectivity index (χ2v) is 5.89. The molecule has 0 saturated carbocycles. The van der Waals surface area contributed by atoms with Crippen LogP contribution in [-0.2, 0) is 0 Å². The van der Waals surface area contributed by atoms with Gasteiger partial charge in [0.2, 0.25) is 0 Å². The lowest BCUT2D eigenvalue weighted by Gasteiger charge is -2.06. The predicted octanol–water partition coefficient (Wildman–Crippen LogP) is 4.59. The molecule has 2 aromatic rings. The number of rotatable bonds is 4. The van der Waals surface area contributed by atoms with Crippen LogP contribution in [0, 0.1) is 20.8 Å². The van der Waals surface area contributed by atoms with Crippen molar-refractivity contribution in [2.45, 2.75) is 25.7 Å². The summed E-state index contributed by atoms with van der Waals surface area (Å²) in [5.41, 5.74) is 4.28. The molecule has 0 aromatic heterocycles. The standard InChI is InChI=1S/C17H18OS/c1-12-5-8-15(9-6-12)19-11-17(18)16-10-13(2)4-7-14(16)3/h4-10H,11H2,1-3H3. The van der Waals surface area contributed by atoms with Crippen molar-refractivity contribution >= 4 is 17.5 Å². The van der Waals surface area contributed by atoms with Gasteiger partial charge in [-0.2, -0.15) is 0 Å². The number of benzene rings is 2. The fourth-order valence-corrected chi connectivity index (χ4v) is 2.68. The zero-order valence-corrected chi connectivity index (χ0v) is 12.4. The van der Waals surface area contributed by atoms with Crippen LogP contribution >= 0.6 is 11.8 Å². The second-order valence-electron chi connectivity index (χ2n) is 4.84. The maximum absolute atomic E-state index is 12.2. The lowest BCUT2D eigenvalue weighted by atomic mass is 10.0. The molecule has 98 valence electrons. The van der Waals surface area contributed by atoms with Crippen molar-refractivity contribution < 1.29 is 4.79 Å². The average Bonchev–Trinajstić information content (AvgIpc) is 2.40. The Morgan fingerprint density at radius 2 is 1.58 bits per heavy atom. The highest BCUT2D eigenvalue weighted by molar-refractivity contribution is 8.00. The molecule has 0 radical (unpaired) electrons. The molecule has 0 atom stereocenters. The van der Waals surface area contributed by atoms with E-state index in [9.17, 15) is 4.79 Å². The number of thioether (sulfide) groups is 1. The monoisotopic (exact) mass is 270 g/mol. The van der Waals surface area contributed by atoms with Crippen molar-refractivity contribution in [1.82, 2.24) is 0 Å². The molecule has 2 aromatic carbocycles. The quantitative estimate of drug-likeness (QED) is 0.597. The van der Waals surface area contributed by atoms with Crippen molar-refractivity contribution in [1.29, 1.82) is 0 Å². The highest BCUT2D eigenvalue weighted by Crippen LogP contribution is 2.21. The minimum atomic E-state index is 0.201. The van der Waals surface area contributed by atoms with E-state index in [1.807, 2.05) is 32.0 Å². The van der Waals surface area contributed by atoms with Gasteiger partial charge in [0.25, 0.3) is 0 Å². The first-order chi connectivity index (χ1) is 9.06. The summed E-state index contributed by atoms with van der Waals surface area (Å²) in [7, 11) is 0. The molecule has 0 amide bonds. The zero-order valence-electron chi connectivity index (χ0n) is 11.6. The highest BCUT2D eigenvalue weighted by atomic mass is 32.2. The Labute approximate surface area is 119 Å². The Morgan fingerprint density at radius 1 is 0.947 bits per heavy atom. The van der Waals surface area contributed by atoms with E-state index < -0.39 is 0 Å². The molecule has 0 aliphatic rings. The van der Waals surface area contributed by atoms with Gasteiger partial charge in [-0.25, -0.2) is 0 Å². The summed E-state index contributed by atoms with van der Waals surface area (Å²) in [6.07, 6.45) is 0. The predicted molar refractivity (Wildman–Crippen MR) is 82.1 cm³/mol. The molecule has 0 fully saturated rings. The summed E-state index contributed by atoms with van der Waals surface area (Å²) >= 11 is 1.60. The van der Waals surface area contributed by atoms with Crippen LogP contribution in [0.1, 0.15) is 27.0 Å². The highest BCUT2D eigenvalue weighted by Gasteiger charge is 2.09. The molecule has 0 unspecified atom stereocenters. The van der Waals surface area contributed by atoms with Crippen molar-refractivity contribution in [2.24, 2.45) is 0 Å². The summed E-state index contributed by atoms with van der Waals surface area (Å²) in [4.78, 5) is 13.4. The van der Waals surface area contributed by atoms with E-state index >= 15 is 0 Å². The Bertz CT molecular complexity index is 585. The van der Waals surface area contributed by atoms with E-state index in [-0.39, 0.29) is 5.78 Å². The van der Waals surface area contributed by atoms with Gasteiger partial charge in [0, 0.05) is 10.5 Å². The number of carbonyl (C=O) groups excluding carboxylic acids is 1.